The number of hydrogen-bond donors (Lipinski definition) is 2. The molecule has 1 aromatic rings. The molecule has 1 unspecified atom stereocenters. The normalized spacial score (nSPS) is 18.8. The van der Waals surface area contributed by atoms with Crippen LogP contribution in [0.4, 0.5) is 0 Å². The third-order valence-electron chi connectivity index (χ3n) is 3.60. The van der Waals surface area contributed by atoms with Crippen molar-refractivity contribution in [2.24, 2.45) is 5.92 Å². The highest BCUT2D eigenvalue weighted by Gasteiger charge is 2.15. The van der Waals surface area contributed by atoms with Gasteiger partial charge in [0.1, 0.15) is 0 Å². The highest BCUT2D eigenvalue weighted by molar-refractivity contribution is 6.35. The maximum atomic E-state index is 6.21. The van der Waals surface area contributed by atoms with Crippen LogP contribution in [-0.4, -0.2) is 19.6 Å². The molecule has 0 radical (unpaired) electrons. The van der Waals surface area contributed by atoms with Gasteiger partial charge in [-0.3, -0.25) is 0 Å². The van der Waals surface area contributed by atoms with E-state index in [0.717, 1.165) is 36.1 Å². The molecule has 18 heavy (non-hydrogen) atoms. The van der Waals surface area contributed by atoms with Crippen molar-refractivity contribution in [2.75, 3.05) is 19.6 Å². The third-order valence-corrected chi connectivity index (χ3v) is 4.16. The van der Waals surface area contributed by atoms with Crippen LogP contribution in [0.1, 0.15) is 31.4 Å². The van der Waals surface area contributed by atoms with Crippen LogP contribution in [0.3, 0.4) is 0 Å². The number of halogens is 2. The van der Waals surface area contributed by atoms with Gasteiger partial charge in [0.25, 0.3) is 0 Å². The summed E-state index contributed by atoms with van der Waals surface area (Å²) in [4.78, 5) is 0. The van der Waals surface area contributed by atoms with Gasteiger partial charge in [-0.25, -0.2) is 0 Å². The lowest BCUT2D eigenvalue weighted by molar-refractivity contribution is 0.345. The molecule has 1 fully saturated rings. The van der Waals surface area contributed by atoms with E-state index in [4.69, 9.17) is 23.2 Å². The number of rotatable bonds is 4. The van der Waals surface area contributed by atoms with Gasteiger partial charge in [-0.1, -0.05) is 29.3 Å². The van der Waals surface area contributed by atoms with Crippen molar-refractivity contribution in [3.05, 3.63) is 33.8 Å². The van der Waals surface area contributed by atoms with Crippen LogP contribution >= 0.6 is 23.2 Å². The minimum absolute atomic E-state index is 0.268. The Bertz CT molecular complexity index is 389. The summed E-state index contributed by atoms with van der Waals surface area (Å²) in [6.07, 6.45) is 2.52. The fourth-order valence-corrected chi connectivity index (χ4v) is 2.96. The summed E-state index contributed by atoms with van der Waals surface area (Å²) in [6.45, 7) is 5.49. The number of piperidine rings is 1. The van der Waals surface area contributed by atoms with Gasteiger partial charge in [0.2, 0.25) is 0 Å². The molecule has 0 spiro atoms. The minimum atomic E-state index is 0.268. The monoisotopic (exact) mass is 286 g/mol. The highest BCUT2D eigenvalue weighted by Crippen LogP contribution is 2.26. The third kappa shape index (κ3) is 3.86. The molecule has 1 aromatic carbocycles. The van der Waals surface area contributed by atoms with Crippen molar-refractivity contribution < 1.29 is 0 Å². The van der Waals surface area contributed by atoms with Gasteiger partial charge in [-0.2, -0.15) is 0 Å². The van der Waals surface area contributed by atoms with E-state index >= 15 is 0 Å². The van der Waals surface area contributed by atoms with Crippen molar-refractivity contribution in [3.8, 4) is 0 Å². The lowest BCUT2D eigenvalue weighted by atomic mass is 9.97. The van der Waals surface area contributed by atoms with Crippen molar-refractivity contribution in [2.45, 2.75) is 25.8 Å². The summed E-state index contributed by atoms with van der Waals surface area (Å²) < 4.78 is 0. The molecular weight excluding hydrogens is 267 g/mol. The highest BCUT2D eigenvalue weighted by atomic mass is 35.5. The molecular formula is C14H20Cl2N2. The van der Waals surface area contributed by atoms with Gasteiger partial charge in [0.05, 0.1) is 0 Å². The summed E-state index contributed by atoms with van der Waals surface area (Å²) in [5.74, 6) is 0.778. The average Bonchev–Trinajstić information content (AvgIpc) is 2.37. The van der Waals surface area contributed by atoms with Gasteiger partial charge in [-0.05, 0) is 63.0 Å². The number of hydrogen-bond acceptors (Lipinski definition) is 2. The Balaban J connectivity index is 1.88. The van der Waals surface area contributed by atoms with Crippen LogP contribution in [0.2, 0.25) is 10.0 Å². The zero-order valence-electron chi connectivity index (χ0n) is 10.7. The molecule has 1 aliphatic rings. The van der Waals surface area contributed by atoms with E-state index in [9.17, 15) is 0 Å². The summed E-state index contributed by atoms with van der Waals surface area (Å²) in [5.41, 5.74) is 1.12. The summed E-state index contributed by atoms with van der Waals surface area (Å²) in [5, 5.41) is 8.39. The van der Waals surface area contributed by atoms with Crippen LogP contribution in [0.5, 0.6) is 0 Å². The van der Waals surface area contributed by atoms with Crippen molar-refractivity contribution in [3.63, 3.8) is 0 Å². The molecule has 4 heteroatoms. The zero-order chi connectivity index (χ0) is 13.0. The molecule has 2 rings (SSSR count). The molecule has 1 saturated heterocycles. The van der Waals surface area contributed by atoms with Crippen LogP contribution < -0.4 is 10.6 Å². The Morgan fingerprint density at radius 3 is 2.72 bits per heavy atom. The molecule has 0 aliphatic carbocycles. The first-order valence-electron chi connectivity index (χ1n) is 6.56. The van der Waals surface area contributed by atoms with E-state index in [1.807, 2.05) is 12.1 Å². The molecule has 100 valence electrons. The largest absolute Gasteiger partial charge is 0.317 e. The van der Waals surface area contributed by atoms with E-state index in [-0.39, 0.29) is 6.04 Å². The minimum Gasteiger partial charge on any atom is -0.317 e. The molecule has 1 aliphatic heterocycles. The summed E-state index contributed by atoms with van der Waals surface area (Å²) >= 11 is 12.1. The SMILES string of the molecule is CC(NCC1CCNCC1)c1ccc(Cl)cc1Cl. The Morgan fingerprint density at radius 2 is 2.06 bits per heavy atom. The molecule has 1 heterocycles. The predicted molar refractivity (Wildman–Crippen MR) is 78.5 cm³/mol. The first kappa shape index (κ1) is 14.1. The van der Waals surface area contributed by atoms with Crippen molar-refractivity contribution >= 4 is 23.2 Å². The van der Waals surface area contributed by atoms with Gasteiger partial charge >= 0.3 is 0 Å². The molecule has 2 nitrogen and oxygen atoms in total. The molecule has 2 N–H and O–H groups in total. The quantitative estimate of drug-likeness (QED) is 0.883. The van der Waals surface area contributed by atoms with E-state index in [2.05, 4.69) is 17.6 Å². The lowest BCUT2D eigenvalue weighted by Crippen LogP contribution is -2.34. The lowest BCUT2D eigenvalue weighted by Gasteiger charge is -2.25. The molecule has 0 aromatic heterocycles. The molecule has 0 bridgehead atoms. The van der Waals surface area contributed by atoms with Gasteiger partial charge < -0.3 is 10.6 Å². The van der Waals surface area contributed by atoms with Crippen molar-refractivity contribution in [1.82, 2.24) is 10.6 Å². The van der Waals surface area contributed by atoms with E-state index in [1.165, 1.54) is 12.8 Å². The number of nitrogens with one attached hydrogen (secondary N) is 2. The molecule has 1 atom stereocenters. The maximum absolute atomic E-state index is 6.21. The summed E-state index contributed by atoms with van der Waals surface area (Å²) in [7, 11) is 0. The van der Waals surface area contributed by atoms with Crippen LogP contribution in [0, 0.1) is 5.92 Å². The number of benzene rings is 1. The standard InChI is InChI=1S/C14H20Cl2N2/c1-10(13-3-2-12(15)8-14(13)16)18-9-11-4-6-17-7-5-11/h2-3,8,10-11,17-18H,4-7,9H2,1H3. The maximum Gasteiger partial charge on any atom is 0.0468 e. The average molecular weight is 287 g/mol. The first-order chi connectivity index (χ1) is 8.66. The fourth-order valence-electron chi connectivity index (χ4n) is 2.39. The Labute approximate surface area is 119 Å². The Morgan fingerprint density at radius 1 is 1.33 bits per heavy atom. The fraction of sp³-hybridized carbons (Fsp3) is 0.571. The predicted octanol–water partition coefficient (Wildman–Crippen LogP) is 3.64. The molecule has 0 amide bonds. The Hall–Kier alpha value is -0.280. The topological polar surface area (TPSA) is 24.1 Å². The Kier molecular flexibility index (Phi) is 5.31. The summed E-state index contributed by atoms with van der Waals surface area (Å²) in [6, 6.07) is 5.97. The van der Waals surface area contributed by atoms with Crippen LogP contribution in [-0.2, 0) is 0 Å². The van der Waals surface area contributed by atoms with Crippen LogP contribution in [0.25, 0.3) is 0 Å². The molecule has 0 saturated carbocycles. The smallest absolute Gasteiger partial charge is 0.0468 e. The van der Waals surface area contributed by atoms with E-state index < -0.39 is 0 Å². The van der Waals surface area contributed by atoms with Crippen molar-refractivity contribution in [1.29, 1.82) is 0 Å². The van der Waals surface area contributed by atoms with E-state index in [0.29, 0.717) is 5.02 Å². The van der Waals surface area contributed by atoms with Gasteiger partial charge in [0, 0.05) is 16.1 Å². The van der Waals surface area contributed by atoms with Gasteiger partial charge in [-0.15, -0.1) is 0 Å². The second-order valence-electron chi connectivity index (χ2n) is 4.99. The second-order valence-corrected chi connectivity index (χ2v) is 5.83. The second kappa shape index (κ2) is 6.76. The van der Waals surface area contributed by atoms with Gasteiger partial charge in [0.15, 0.2) is 0 Å². The zero-order valence-corrected chi connectivity index (χ0v) is 12.2. The van der Waals surface area contributed by atoms with Crippen LogP contribution in [0.15, 0.2) is 18.2 Å². The van der Waals surface area contributed by atoms with E-state index in [1.54, 1.807) is 6.07 Å². The first-order valence-corrected chi connectivity index (χ1v) is 7.31.